The molecular weight excluding hydrogens is 346 g/mol. The van der Waals surface area contributed by atoms with Gasteiger partial charge in [0.2, 0.25) is 0 Å². The number of aryl methyl sites for hydroxylation is 2. The van der Waals surface area contributed by atoms with Gasteiger partial charge in [0.05, 0.1) is 19.3 Å². The van der Waals surface area contributed by atoms with Crippen molar-refractivity contribution in [1.82, 2.24) is 4.90 Å². The zero-order valence-electron chi connectivity index (χ0n) is 17.3. The van der Waals surface area contributed by atoms with Crippen LogP contribution in [0.1, 0.15) is 48.5 Å². The van der Waals surface area contributed by atoms with Gasteiger partial charge in [0.25, 0.3) is 0 Å². The van der Waals surface area contributed by atoms with Crippen molar-refractivity contribution in [3.05, 3.63) is 71.3 Å². The molecule has 2 aromatic carbocycles. The molecule has 152 valence electrons. The maximum Gasteiger partial charge on any atom is 0.0824 e. The second-order valence-electron chi connectivity index (χ2n) is 7.81. The number of hydrogen-bond acceptors (Lipinski definition) is 3. The lowest BCUT2D eigenvalue weighted by molar-refractivity contribution is 0.0175. The molecule has 1 atom stereocenters. The quantitative estimate of drug-likeness (QED) is 0.500. The molecule has 0 aromatic heterocycles. The van der Waals surface area contributed by atoms with Crippen molar-refractivity contribution in [1.29, 1.82) is 0 Å². The van der Waals surface area contributed by atoms with Crippen molar-refractivity contribution in [2.75, 3.05) is 39.5 Å². The Bertz CT molecular complexity index is 650. The van der Waals surface area contributed by atoms with E-state index in [9.17, 15) is 0 Å². The fourth-order valence-electron chi connectivity index (χ4n) is 3.77. The zero-order valence-corrected chi connectivity index (χ0v) is 17.3. The average Bonchev–Trinajstić information content (AvgIpc) is 2.75. The first-order valence-electron chi connectivity index (χ1n) is 10.8. The van der Waals surface area contributed by atoms with Crippen molar-refractivity contribution in [2.24, 2.45) is 0 Å². The molecule has 1 heterocycles. The molecule has 1 fully saturated rings. The molecule has 1 saturated heterocycles. The van der Waals surface area contributed by atoms with Crippen LogP contribution >= 0.6 is 0 Å². The third-order valence-electron chi connectivity index (χ3n) is 5.52. The number of rotatable bonds is 11. The molecule has 0 aliphatic carbocycles. The highest BCUT2D eigenvalue weighted by Crippen LogP contribution is 2.25. The highest BCUT2D eigenvalue weighted by atomic mass is 16.5. The first-order chi connectivity index (χ1) is 13.8. The van der Waals surface area contributed by atoms with Gasteiger partial charge in [-0.05, 0) is 43.7 Å². The summed E-state index contributed by atoms with van der Waals surface area (Å²) in [5.41, 5.74) is 4.05. The fraction of sp³-hybridized carbons (Fsp3) is 0.520. The van der Waals surface area contributed by atoms with Gasteiger partial charge in [-0.25, -0.2) is 0 Å². The van der Waals surface area contributed by atoms with Gasteiger partial charge in [-0.1, -0.05) is 66.6 Å². The second kappa shape index (κ2) is 12.0. The molecule has 2 aromatic rings. The number of nitrogens with zero attached hydrogens (tertiary/aromatic N) is 1. The van der Waals surface area contributed by atoms with Crippen LogP contribution in [-0.4, -0.2) is 44.4 Å². The molecular formula is C25H35NO2. The Hall–Kier alpha value is -1.68. The lowest BCUT2D eigenvalue weighted by atomic mass is 10.0. The van der Waals surface area contributed by atoms with Gasteiger partial charge in [-0.2, -0.15) is 0 Å². The van der Waals surface area contributed by atoms with Gasteiger partial charge in [0, 0.05) is 26.2 Å². The first kappa shape index (κ1) is 21.0. The topological polar surface area (TPSA) is 21.7 Å². The molecule has 28 heavy (non-hydrogen) atoms. The summed E-state index contributed by atoms with van der Waals surface area (Å²) >= 11 is 0. The van der Waals surface area contributed by atoms with Crippen molar-refractivity contribution < 1.29 is 9.47 Å². The summed E-state index contributed by atoms with van der Waals surface area (Å²) in [5.74, 6) is 0. The number of benzene rings is 2. The molecule has 0 N–H and O–H groups in total. The van der Waals surface area contributed by atoms with Crippen LogP contribution in [0.5, 0.6) is 0 Å². The van der Waals surface area contributed by atoms with E-state index < -0.39 is 0 Å². The fourth-order valence-corrected chi connectivity index (χ4v) is 3.77. The minimum Gasteiger partial charge on any atom is -0.379 e. The number of unbranched alkanes of at least 4 members (excludes halogenated alkanes) is 1. The van der Waals surface area contributed by atoms with Crippen LogP contribution in [0.25, 0.3) is 0 Å². The van der Waals surface area contributed by atoms with E-state index in [2.05, 4.69) is 66.4 Å². The van der Waals surface area contributed by atoms with E-state index in [0.29, 0.717) is 0 Å². The summed E-state index contributed by atoms with van der Waals surface area (Å²) < 4.78 is 11.8. The standard InChI is InChI=1S/C25H35NO2/c1-22-12-14-24(15-13-22)25(11-6-5-10-23-8-3-2-4-9-23)28-19-7-16-26-17-20-27-21-18-26/h2-4,8-9,12-15,25H,5-7,10-11,16-21H2,1H3. The molecule has 1 aliphatic heterocycles. The molecule has 0 radical (unpaired) electrons. The molecule has 0 spiro atoms. The van der Waals surface area contributed by atoms with Crippen LogP contribution in [-0.2, 0) is 15.9 Å². The Labute approximate surface area is 170 Å². The molecule has 1 aliphatic rings. The minimum absolute atomic E-state index is 0.209. The summed E-state index contributed by atoms with van der Waals surface area (Å²) in [4.78, 5) is 2.48. The smallest absolute Gasteiger partial charge is 0.0824 e. The van der Waals surface area contributed by atoms with Gasteiger partial charge in [0.1, 0.15) is 0 Å². The lowest BCUT2D eigenvalue weighted by Crippen LogP contribution is -2.37. The number of morpholine rings is 1. The average molecular weight is 382 g/mol. The van der Waals surface area contributed by atoms with Crippen LogP contribution in [0.4, 0.5) is 0 Å². The van der Waals surface area contributed by atoms with E-state index in [1.165, 1.54) is 29.5 Å². The van der Waals surface area contributed by atoms with Crippen LogP contribution < -0.4 is 0 Å². The third kappa shape index (κ3) is 7.38. The largest absolute Gasteiger partial charge is 0.379 e. The first-order valence-corrected chi connectivity index (χ1v) is 10.8. The minimum atomic E-state index is 0.209. The van der Waals surface area contributed by atoms with E-state index in [0.717, 1.165) is 58.7 Å². The van der Waals surface area contributed by atoms with E-state index in [-0.39, 0.29) is 6.10 Å². The molecule has 3 heteroatoms. The molecule has 1 unspecified atom stereocenters. The Morgan fingerprint density at radius 1 is 0.929 bits per heavy atom. The van der Waals surface area contributed by atoms with Crippen LogP contribution in [0.15, 0.2) is 54.6 Å². The van der Waals surface area contributed by atoms with Gasteiger partial charge >= 0.3 is 0 Å². The number of ether oxygens (including phenoxy) is 2. The lowest BCUT2D eigenvalue weighted by Gasteiger charge is -2.27. The van der Waals surface area contributed by atoms with E-state index in [4.69, 9.17) is 9.47 Å². The van der Waals surface area contributed by atoms with Crippen LogP contribution in [0, 0.1) is 6.92 Å². The highest BCUT2D eigenvalue weighted by molar-refractivity contribution is 5.23. The van der Waals surface area contributed by atoms with Crippen LogP contribution in [0.2, 0.25) is 0 Å². The number of hydrogen-bond donors (Lipinski definition) is 0. The predicted molar refractivity (Wildman–Crippen MR) is 116 cm³/mol. The maximum atomic E-state index is 6.35. The monoisotopic (exact) mass is 381 g/mol. The molecule has 3 nitrogen and oxygen atoms in total. The molecule has 0 amide bonds. The van der Waals surface area contributed by atoms with Crippen molar-refractivity contribution in [2.45, 2.75) is 45.1 Å². The summed E-state index contributed by atoms with van der Waals surface area (Å²) in [6.07, 6.45) is 5.94. The van der Waals surface area contributed by atoms with Gasteiger partial charge < -0.3 is 9.47 Å². The SMILES string of the molecule is Cc1ccc(C(CCCCc2ccccc2)OCCCN2CCOCC2)cc1. The summed E-state index contributed by atoms with van der Waals surface area (Å²) in [5, 5.41) is 0. The normalized spacial score (nSPS) is 16.2. The Balaban J connectivity index is 1.43. The van der Waals surface area contributed by atoms with E-state index >= 15 is 0 Å². The zero-order chi connectivity index (χ0) is 19.4. The predicted octanol–water partition coefficient (Wildman–Crippen LogP) is 5.19. The summed E-state index contributed by atoms with van der Waals surface area (Å²) in [6, 6.07) is 19.6. The Morgan fingerprint density at radius 2 is 1.68 bits per heavy atom. The molecule has 0 bridgehead atoms. The van der Waals surface area contributed by atoms with E-state index in [1.807, 2.05) is 0 Å². The molecule has 3 rings (SSSR count). The van der Waals surface area contributed by atoms with Crippen LogP contribution in [0.3, 0.4) is 0 Å². The van der Waals surface area contributed by atoms with E-state index in [1.54, 1.807) is 0 Å². The van der Waals surface area contributed by atoms with Crippen molar-refractivity contribution in [3.63, 3.8) is 0 Å². The Kier molecular flexibility index (Phi) is 9.02. The summed E-state index contributed by atoms with van der Waals surface area (Å²) in [7, 11) is 0. The Morgan fingerprint density at radius 3 is 2.43 bits per heavy atom. The third-order valence-corrected chi connectivity index (χ3v) is 5.52. The summed E-state index contributed by atoms with van der Waals surface area (Å²) in [6.45, 7) is 7.93. The van der Waals surface area contributed by atoms with Crippen molar-refractivity contribution in [3.8, 4) is 0 Å². The molecule has 0 saturated carbocycles. The maximum absolute atomic E-state index is 6.35. The second-order valence-corrected chi connectivity index (χ2v) is 7.81. The van der Waals surface area contributed by atoms with Gasteiger partial charge in [-0.15, -0.1) is 0 Å². The van der Waals surface area contributed by atoms with Gasteiger partial charge in [-0.3, -0.25) is 4.90 Å². The van der Waals surface area contributed by atoms with Gasteiger partial charge in [0.15, 0.2) is 0 Å². The van der Waals surface area contributed by atoms with Crippen molar-refractivity contribution >= 4 is 0 Å². The highest BCUT2D eigenvalue weighted by Gasteiger charge is 2.13.